The molecule has 8 rings (SSSR count). The van der Waals surface area contributed by atoms with Gasteiger partial charge < -0.3 is 62.7 Å². The molecule has 64 heavy (non-hydrogen) atoms. The normalized spacial score (nSPS) is 49.2. The Bertz CT molecular complexity index is 1790. The van der Waals surface area contributed by atoms with Crippen molar-refractivity contribution in [2.45, 2.75) is 203 Å². The standard InChI is InChI=1S/C50H74O14/c1-27-13-12-16-34-26-57-47-42(51)30(4)21-37(50(34,47)54)48(53)60-36-22-35(63-49(25-36)20-19-29(3)45(64-49)33-14-10-9-11-15-33)18-17-28(2)44(27)61-41-24-39(56-8)46(32(6)59-41)62-40-23-38(55-7)43(52)31(5)58-40/h12-13,16-17,19-21,27,29,31-33,35-47,51-52,54H,9-11,14-15,18,22-26H2,1-8H3/b13-12+,28-17+,34-16+/t27-,29-,31-,32-,35+,36-,37-,38-,39-,40-,41?,42+,43-,44-,45-,46?,47+,49+,50+/m0/s1. The summed E-state index contributed by atoms with van der Waals surface area (Å²) in [6.45, 7) is 11.9. The van der Waals surface area contributed by atoms with Gasteiger partial charge in [-0.25, -0.2) is 0 Å². The molecule has 2 bridgehead atoms. The second kappa shape index (κ2) is 20.1. The number of ether oxygens (including phenoxy) is 10. The number of hydrogen-bond donors (Lipinski definition) is 3. The fraction of sp³-hybridized carbons (Fsp3) is 0.780. The Morgan fingerprint density at radius 2 is 1.53 bits per heavy atom. The first-order valence-corrected chi connectivity index (χ1v) is 24.0. The largest absolute Gasteiger partial charge is 0.462 e. The van der Waals surface area contributed by atoms with E-state index in [1.54, 1.807) is 40.2 Å². The first kappa shape index (κ1) is 48.2. The summed E-state index contributed by atoms with van der Waals surface area (Å²) < 4.78 is 64.1. The monoisotopic (exact) mass is 899 g/mol. The third kappa shape index (κ3) is 9.82. The molecule has 6 heterocycles. The average Bonchev–Trinajstić information content (AvgIpc) is 3.62. The molecule has 4 saturated heterocycles. The first-order chi connectivity index (χ1) is 30.6. The van der Waals surface area contributed by atoms with Gasteiger partial charge in [0.15, 0.2) is 18.4 Å². The fourth-order valence-electron chi connectivity index (χ4n) is 11.7. The van der Waals surface area contributed by atoms with Crippen molar-refractivity contribution in [3.8, 4) is 0 Å². The van der Waals surface area contributed by atoms with E-state index < -0.39 is 90.8 Å². The van der Waals surface area contributed by atoms with E-state index in [2.05, 4.69) is 32.9 Å². The lowest BCUT2D eigenvalue weighted by atomic mass is 9.71. The Morgan fingerprint density at radius 3 is 2.28 bits per heavy atom. The van der Waals surface area contributed by atoms with Gasteiger partial charge >= 0.3 is 5.97 Å². The molecular formula is C50H74O14. The van der Waals surface area contributed by atoms with Crippen molar-refractivity contribution in [2.75, 3.05) is 20.8 Å². The van der Waals surface area contributed by atoms with Crippen LogP contribution in [0.4, 0.5) is 0 Å². The summed E-state index contributed by atoms with van der Waals surface area (Å²) >= 11 is 0. The van der Waals surface area contributed by atoms with Gasteiger partial charge in [0, 0.05) is 51.7 Å². The minimum atomic E-state index is -1.83. The highest BCUT2D eigenvalue weighted by atomic mass is 16.7. The van der Waals surface area contributed by atoms with Crippen molar-refractivity contribution in [2.24, 2.45) is 23.7 Å². The van der Waals surface area contributed by atoms with Crippen LogP contribution >= 0.6 is 0 Å². The van der Waals surface area contributed by atoms with Crippen LogP contribution in [-0.4, -0.2) is 139 Å². The lowest BCUT2D eigenvalue weighted by Gasteiger charge is -2.49. The van der Waals surface area contributed by atoms with Gasteiger partial charge in [-0.1, -0.05) is 69.6 Å². The van der Waals surface area contributed by atoms with Crippen LogP contribution in [-0.2, 0) is 52.2 Å². The van der Waals surface area contributed by atoms with Gasteiger partial charge in [0.2, 0.25) is 0 Å². The molecule has 0 aromatic rings. The molecule has 2 unspecified atom stereocenters. The highest BCUT2D eigenvalue weighted by Crippen LogP contribution is 2.48. The molecule has 0 radical (unpaired) electrons. The minimum Gasteiger partial charge on any atom is -0.462 e. The second-order valence-corrected chi connectivity index (χ2v) is 20.0. The number of aliphatic hydroxyl groups is 3. The summed E-state index contributed by atoms with van der Waals surface area (Å²) in [5, 5.41) is 34.3. The zero-order chi connectivity index (χ0) is 45.5. The molecule has 2 aliphatic carbocycles. The highest BCUT2D eigenvalue weighted by Gasteiger charge is 2.60. The Labute approximate surface area is 379 Å². The van der Waals surface area contributed by atoms with E-state index >= 15 is 0 Å². The molecule has 19 atom stereocenters. The van der Waals surface area contributed by atoms with Crippen LogP contribution in [0.15, 0.2) is 59.3 Å². The number of esters is 1. The summed E-state index contributed by atoms with van der Waals surface area (Å²) in [7, 11) is 3.23. The molecule has 14 heteroatoms. The van der Waals surface area contributed by atoms with E-state index in [1.807, 2.05) is 25.2 Å². The van der Waals surface area contributed by atoms with Gasteiger partial charge in [-0.15, -0.1) is 0 Å². The Hall–Kier alpha value is -2.31. The number of aliphatic hydroxyl groups excluding tert-OH is 2. The fourth-order valence-corrected chi connectivity index (χ4v) is 11.7. The molecule has 3 N–H and O–H groups in total. The van der Waals surface area contributed by atoms with Crippen molar-refractivity contribution >= 4 is 5.97 Å². The summed E-state index contributed by atoms with van der Waals surface area (Å²) in [5.74, 6) is -2.32. The van der Waals surface area contributed by atoms with Gasteiger partial charge in [-0.2, -0.15) is 0 Å². The lowest BCUT2D eigenvalue weighted by molar-refractivity contribution is -0.318. The predicted octanol–water partition coefficient (Wildman–Crippen LogP) is 5.91. The number of carbonyl (C=O) groups is 1. The summed E-state index contributed by atoms with van der Waals surface area (Å²) in [4.78, 5) is 14.4. The number of fused-ring (bicyclic) bond motifs is 2. The molecule has 8 aliphatic rings. The van der Waals surface area contributed by atoms with Crippen LogP contribution in [0.2, 0.25) is 0 Å². The highest BCUT2D eigenvalue weighted by molar-refractivity contribution is 5.78. The topological polar surface area (TPSA) is 170 Å². The maximum absolute atomic E-state index is 14.4. The van der Waals surface area contributed by atoms with Gasteiger partial charge in [-0.05, 0) is 75.7 Å². The molecule has 0 aromatic carbocycles. The van der Waals surface area contributed by atoms with Crippen LogP contribution in [0.3, 0.4) is 0 Å². The molecule has 0 aromatic heterocycles. The Balaban J connectivity index is 1.08. The number of hydrogen-bond acceptors (Lipinski definition) is 14. The number of allylic oxidation sites excluding steroid dienone is 2. The van der Waals surface area contributed by atoms with Gasteiger partial charge in [0.25, 0.3) is 0 Å². The molecule has 14 nitrogen and oxygen atoms in total. The van der Waals surface area contributed by atoms with Crippen LogP contribution in [0.5, 0.6) is 0 Å². The zero-order valence-corrected chi connectivity index (χ0v) is 39.0. The number of methoxy groups -OCH3 is 2. The zero-order valence-electron chi connectivity index (χ0n) is 39.0. The molecule has 0 amide bonds. The van der Waals surface area contributed by atoms with E-state index in [9.17, 15) is 20.1 Å². The summed E-state index contributed by atoms with van der Waals surface area (Å²) in [6.07, 6.45) is 13.8. The third-order valence-electron chi connectivity index (χ3n) is 15.4. The van der Waals surface area contributed by atoms with Crippen molar-refractivity contribution < 1.29 is 67.5 Å². The summed E-state index contributed by atoms with van der Waals surface area (Å²) in [5.41, 5.74) is 0.166. The molecular weight excluding hydrogens is 825 g/mol. The minimum absolute atomic E-state index is 0.0242. The van der Waals surface area contributed by atoms with Crippen LogP contribution in [0.1, 0.15) is 106 Å². The van der Waals surface area contributed by atoms with Crippen molar-refractivity contribution in [3.05, 3.63) is 59.3 Å². The van der Waals surface area contributed by atoms with E-state index in [4.69, 9.17) is 47.4 Å². The molecule has 1 saturated carbocycles. The smallest absolute Gasteiger partial charge is 0.316 e. The third-order valence-corrected chi connectivity index (χ3v) is 15.4. The molecule has 6 aliphatic heterocycles. The van der Waals surface area contributed by atoms with Gasteiger partial charge in [0.1, 0.15) is 42.0 Å². The van der Waals surface area contributed by atoms with Gasteiger partial charge in [-0.3, -0.25) is 4.79 Å². The molecule has 5 fully saturated rings. The Kier molecular flexibility index (Phi) is 15.1. The van der Waals surface area contributed by atoms with Crippen molar-refractivity contribution in [1.82, 2.24) is 0 Å². The molecule has 358 valence electrons. The quantitative estimate of drug-likeness (QED) is 0.204. The first-order valence-electron chi connectivity index (χ1n) is 24.0. The van der Waals surface area contributed by atoms with E-state index in [1.165, 1.54) is 19.3 Å². The Morgan fingerprint density at radius 1 is 0.812 bits per heavy atom. The number of carbonyl (C=O) groups excluding carboxylic acids is 1. The van der Waals surface area contributed by atoms with Crippen LogP contribution < -0.4 is 0 Å². The average molecular weight is 899 g/mol. The van der Waals surface area contributed by atoms with E-state index in [0.29, 0.717) is 49.2 Å². The summed E-state index contributed by atoms with van der Waals surface area (Å²) in [6, 6.07) is 0. The maximum Gasteiger partial charge on any atom is 0.316 e. The molecule has 1 spiro atoms. The van der Waals surface area contributed by atoms with E-state index in [-0.39, 0.29) is 36.8 Å². The van der Waals surface area contributed by atoms with Crippen molar-refractivity contribution in [3.63, 3.8) is 0 Å². The second-order valence-electron chi connectivity index (χ2n) is 20.0. The van der Waals surface area contributed by atoms with Crippen LogP contribution in [0.25, 0.3) is 0 Å². The predicted molar refractivity (Wildman–Crippen MR) is 234 cm³/mol. The van der Waals surface area contributed by atoms with E-state index in [0.717, 1.165) is 18.4 Å². The van der Waals surface area contributed by atoms with Crippen molar-refractivity contribution in [1.29, 1.82) is 0 Å². The lowest BCUT2D eigenvalue weighted by Crippen LogP contribution is -2.58. The van der Waals surface area contributed by atoms with Crippen LogP contribution in [0, 0.1) is 23.7 Å². The number of rotatable bonds is 7. The maximum atomic E-state index is 14.4. The van der Waals surface area contributed by atoms with Gasteiger partial charge in [0.05, 0.1) is 49.3 Å². The SMILES string of the molecule is CO[C@H]1CC(O[C@@H]2/C(C)=C/C[C@@H]3C[C@@H](C[C@]4(C=C[C@H](C)[C@@H](C5CCCCC5)O4)O3)OC(=O)[C@@H]3C=C(C)[C@@H](O)[C@H]4OC/C(=C\C=C\[C@@H]2C)[C@]43O)O[C@@H](C)C1O[C@H]1C[C@H](OC)[C@@H](O)[C@H](C)O1.